The van der Waals surface area contributed by atoms with E-state index in [1.165, 1.54) is 0 Å². The van der Waals surface area contributed by atoms with Gasteiger partial charge in [0.1, 0.15) is 5.82 Å². The van der Waals surface area contributed by atoms with Crippen LogP contribution in [-0.2, 0) is 0 Å². The third-order valence-electron chi connectivity index (χ3n) is 3.06. The van der Waals surface area contributed by atoms with Crippen molar-refractivity contribution in [1.29, 1.82) is 0 Å². The van der Waals surface area contributed by atoms with Crippen LogP contribution in [-0.4, -0.2) is 31.9 Å². The summed E-state index contributed by atoms with van der Waals surface area (Å²) in [6.45, 7) is 1.65. The Balaban J connectivity index is 2.15. The average molecular weight is 245 g/mol. The standard InChI is InChI=1S/C13H15N3O2/c1-16(5-3-14)13-10-7-12-11(17-8-18-12)6-9(10)2-4-15-13/h2,4,6-7H,3,5,8,14H2,1H3. The second kappa shape index (κ2) is 4.34. The van der Waals surface area contributed by atoms with Crippen LogP contribution in [0.15, 0.2) is 24.4 Å². The number of nitrogens with two attached hydrogens (primary N) is 1. The van der Waals surface area contributed by atoms with Gasteiger partial charge in [0, 0.05) is 31.7 Å². The van der Waals surface area contributed by atoms with Gasteiger partial charge in [-0.2, -0.15) is 0 Å². The Labute approximate surface area is 105 Å². The first-order chi connectivity index (χ1) is 8.79. The predicted octanol–water partition coefficient (Wildman–Crippen LogP) is 1.36. The summed E-state index contributed by atoms with van der Waals surface area (Å²) in [5.41, 5.74) is 5.59. The zero-order chi connectivity index (χ0) is 12.5. The molecule has 94 valence electrons. The van der Waals surface area contributed by atoms with Crippen molar-refractivity contribution in [1.82, 2.24) is 4.98 Å². The summed E-state index contributed by atoms with van der Waals surface area (Å²) in [7, 11) is 1.99. The average Bonchev–Trinajstić information content (AvgIpc) is 2.82. The van der Waals surface area contributed by atoms with Crippen molar-refractivity contribution in [2.45, 2.75) is 0 Å². The lowest BCUT2D eigenvalue weighted by atomic mass is 10.1. The van der Waals surface area contributed by atoms with E-state index >= 15 is 0 Å². The quantitative estimate of drug-likeness (QED) is 0.884. The Morgan fingerprint density at radius 3 is 2.89 bits per heavy atom. The molecule has 0 aliphatic carbocycles. The Hall–Kier alpha value is -2.01. The third-order valence-corrected chi connectivity index (χ3v) is 3.06. The molecule has 5 heteroatoms. The van der Waals surface area contributed by atoms with Gasteiger partial charge < -0.3 is 20.1 Å². The molecular formula is C13H15N3O2. The van der Waals surface area contributed by atoms with Crippen LogP contribution in [0.25, 0.3) is 10.8 Å². The fraction of sp³-hybridized carbons (Fsp3) is 0.308. The number of benzene rings is 1. The Morgan fingerprint density at radius 2 is 2.11 bits per heavy atom. The minimum atomic E-state index is 0.285. The molecule has 1 aliphatic heterocycles. The van der Waals surface area contributed by atoms with Gasteiger partial charge in [-0.15, -0.1) is 0 Å². The van der Waals surface area contributed by atoms with E-state index in [1.807, 2.05) is 30.1 Å². The number of rotatable bonds is 3. The maximum atomic E-state index is 5.59. The van der Waals surface area contributed by atoms with Crippen molar-refractivity contribution in [2.24, 2.45) is 5.73 Å². The highest BCUT2D eigenvalue weighted by Crippen LogP contribution is 2.38. The highest BCUT2D eigenvalue weighted by Gasteiger charge is 2.16. The van der Waals surface area contributed by atoms with Crippen molar-refractivity contribution < 1.29 is 9.47 Å². The van der Waals surface area contributed by atoms with Crippen LogP contribution in [0.5, 0.6) is 11.5 Å². The van der Waals surface area contributed by atoms with E-state index in [2.05, 4.69) is 4.98 Å². The minimum Gasteiger partial charge on any atom is -0.454 e. The molecule has 0 saturated carbocycles. The number of hydrogen-bond donors (Lipinski definition) is 1. The first kappa shape index (κ1) is 11.1. The maximum absolute atomic E-state index is 5.59. The van der Waals surface area contributed by atoms with E-state index in [9.17, 15) is 0 Å². The van der Waals surface area contributed by atoms with Crippen molar-refractivity contribution >= 4 is 16.6 Å². The lowest BCUT2D eigenvalue weighted by Gasteiger charge is -2.19. The molecule has 2 N–H and O–H groups in total. The second-order valence-corrected chi connectivity index (χ2v) is 4.27. The topological polar surface area (TPSA) is 60.6 Å². The van der Waals surface area contributed by atoms with E-state index < -0.39 is 0 Å². The van der Waals surface area contributed by atoms with Gasteiger partial charge >= 0.3 is 0 Å². The lowest BCUT2D eigenvalue weighted by molar-refractivity contribution is 0.174. The molecule has 3 rings (SSSR count). The van der Waals surface area contributed by atoms with E-state index in [0.29, 0.717) is 6.54 Å². The highest BCUT2D eigenvalue weighted by molar-refractivity contribution is 5.94. The van der Waals surface area contributed by atoms with Gasteiger partial charge in [0.25, 0.3) is 0 Å². The van der Waals surface area contributed by atoms with Gasteiger partial charge in [-0.25, -0.2) is 4.98 Å². The van der Waals surface area contributed by atoms with Gasteiger partial charge in [0.15, 0.2) is 11.5 Å². The minimum absolute atomic E-state index is 0.285. The SMILES string of the molecule is CN(CCN)c1nccc2cc3c(cc12)OCO3. The summed E-state index contributed by atoms with van der Waals surface area (Å²) < 4.78 is 10.8. The molecule has 0 amide bonds. The third kappa shape index (κ3) is 1.73. The van der Waals surface area contributed by atoms with Crippen molar-refractivity contribution in [3.05, 3.63) is 24.4 Å². The van der Waals surface area contributed by atoms with Gasteiger partial charge in [-0.1, -0.05) is 0 Å². The number of aromatic nitrogens is 1. The molecule has 2 heterocycles. The molecule has 0 spiro atoms. The summed E-state index contributed by atoms with van der Waals surface area (Å²) in [6.07, 6.45) is 1.80. The van der Waals surface area contributed by atoms with Crippen LogP contribution in [0.2, 0.25) is 0 Å². The molecule has 0 bridgehead atoms. The van der Waals surface area contributed by atoms with E-state index in [-0.39, 0.29) is 6.79 Å². The maximum Gasteiger partial charge on any atom is 0.231 e. The smallest absolute Gasteiger partial charge is 0.231 e. The van der Waals surface area contributed by atoms with Gasteiger partial charge in [0.2, 0.25) is 6.79 Å². The van der Waals surface area contributed by atoms with Crippen molar-refractivity contribution in [3.8, 4) is 11.5 Å². The summed E-state index contributed by atoms with van der Waals surface area (Å²) in [4.78, 5) is 6.47. The molecule has 0 atom stereocenters. The first-order valence-corrected chi connectivity index (χ1v) is 5.89. The second-order valence-electron chi connectivity index (χ2n) is 4.27. The summed E-state index contributed by atoms with van der Waals surface area (Å²) in [5.74, 6) is 2.48. The van der Waals surface area contributed by atoms with Crippen LogP contribution < -0.4 is 20.1 Å². The fourth-order valence-corrected chi connectivity index (χ4v) is 2.15. The van der Waals surface area contributed by atoms with Crippen LogP contribution in [0, 0.1) is 0 Å². The molecule has 0 unspecified atom stereocenters. The normalized spacial score (nSPS) is 13.0. The summed E-state index contributed by atoms with van der Waals surface area (Å²) in [5, 5.41) is 2.14. The lowest BCUT2D eigenvalue weighted by Crippen LogP contribution is -2.25. The molecule has 1 aromatic heterocycles. The number of hydrogen-bond acceptors (Lipinski definition) is 5. The van der Waals surface area contributed by atoms with Crippen LogP contribution >= 0.6 is 0 Å². The predicted molar refractivity (Wildman–Crippen MR) is 70.2 cm³/mol. The number of ether oxygens (including phenoxy) is 2. The van der Waals surface area contributed by atoms with Crippen LogP contribution in [0.3, 0.4) is 0 Å². The number of likely N-dealkylation sites (N-methyl/N-ethyl adjacent to an activating group) is 1. The van der Waals surface area contributed by atoms with E-state index in [1.54, 1.807) is 6.20 Å². The Morgan fingerprint density at radius 1 is 1.33 bits per heavy atom. The van der Waals surface area contributed by atoms with Gasteiger partial charge in [-0.05, 0) is 23.6 Å². The fourth-order valence-electron chi connectivity index (χ4n) is 2.15. The van der Waals surface area contributed by atoms with Gasteiger partial charge in [0.05, 0.1) is 0 Å². The summed E-state index contributed by atoms with van der Waals surface area (Å²) >= 11 is 0. The van der Waals surface area contributed by atoms with E-state index in [0.717, 1.165) is 34.6 Å². The first-order valence-electron chi connectivity index (χ1n) is 5.89. The largest absolute Gasteiger partial charge is 0.454 e. The molecular weight excluding hydrogens is 230 g/mol. The Kier molecular flexibility index (Phi) is 2.68. The van der Waals surface area contributed by atoms with Crippen molar-refractivity contribution in [2.75, 3.05) is 31.8 Å². The number of anilines is 1. The Bertz CT molecular complexity index is 586. The van der Waals surface area contributed by atoms with Crippen LogP contribution in [0.1, 0.15) is 0 Å². The van der Waals surface area contributed by atoms with Crippen molar-refractivity contribution in [3.63, 3.8) is 0 Å². The number of pyridine rings is 1. The number of fused-ring (bicyclic) bond motifs is 2. The highest BCUT2D eigenvalue weighted by atomic mass is 16.7. The van der Waals surface area contributed by atoms with Crippen LogP contribution in [0.4, 0.5) is 5.82 Å². The number of nitrogens with zero attached hydrogens (tertiary/aromatic N) is 2. The zero-order valence-electron chi connectivity index (χ0n) is 10.2. The molecule has 0 saturated heterocycles. The molecule has 18 heavy (non-hydrogen) atoms. The summed E-state index contributed by atoms with van der Waals surface area (Å²) in [6, 6.07) is 5.93. The molecule has 2 aromatic rings. The van der Waals surface area contributed by atoms with E-state index in [4.69, 9.17) is 15.2 Å². The monoisotopic (exact) mass is 245 g/mol. The molecule has 1 aliphatic rings. The molecule has 1 aromatic carbocycles. The zero-order valence-corrected chi connectivity index (χ0v) is 10.2. The molecule has 0 radical (unpaired) electrons. The van der Waals surface area contributed by atoms with Gasteiger partial charge in [-0.3, -0.25) is 0 Å². The molecule has 0 fully saturated rings. The molecule has 5 nitrogen and oxygen atoms in total.